The number of esters is 1. The van der Waals surface area contributed by atoms with Crippen LogP contribution < -0.4 is 5.32 Å². The largest absolute Gasteiger partial charge is 0.467 e. The molecule has 0 bridgehead atoms. The van der Waals surface area contributed by atoms with Gasteiger partial charge in [-0.15, -0.1) is 0 Å². The predicted molar refractivity (Wildman–Crippen MR) is 63.5 cm³/mol. The second-order valence-electron chi connectivity index (χ2n) is 3.73. The molecule has 0 aliphatic rings. The van der Waals surface area contributed by atoms with E-state index in [0.29, 0.717) is 11.0 Å². The molecule has 0 saturated heterocycles. The summed E-state index contributed by atoms with van der Waals surface area (Å²) in [5, 5.41) is 3.39. The van der Waals surface area contributed by atoms with Gasteiger partial charge in [0.1, 0.15) is 17.0 Å². The van der Waals surface area contributed by atoms with Crippen LogP contribution in [0.3, 0.4) is 0 Å². The van der Waals surface area contributed by atoms with E-state index < -0.39 is 6.04 Å². The van der Waals surface area contributed by atoms with Crippen LogP contribution in [0.25, 0.3) is 0 Å². The van der Waals surface area contributed by atoms with Crippen molar-refractivity contribution in [1.82, 2.24) is 4.98 Å². The molecule has 0 radical (unpaired) electrons. The summed E-state index contributed by atoms with van der Waals surface area (Å²) in [6.07, 6.45) is 0. The molecular weight excluding hydrogens is 228 g/mol. The summed E-state index contributed by atoms with van der Waals surface area (Å²) in [4.78, 5) is 15.6. The molecule has 1 aromatic rings. The molecule has 0 fully saturated rings. The maximum Gasteiger partial charge on any atom is 0.328 e. The van der Waals surface area contributed by atoms with Gasteiger partial charge in [0, 0.05) is 0 Å². The summed E-state index contributed by atoms with van der Waals surface area (Å²) < 4.78 is 4.71. The molecule has 1 atom stereocenters. The first-order valence-electron chi connectivity index (χ1n) is 5.01. The number of nitrogens with zero attached hydrogens (tertiary/aromatic N) is 1. The molecule has 1 aromatic heterocycles. The van der Waals surface area contributed by atoms with Crippen molar-refractivity contribution in [2.45, 2.75) is 19.9 Å². The van der Waals surface area contributed by atoms with Gasteiger partial charge in [0.25, 0.3) is 0 Å². The first kappa shape index (κ1) is 12.8. The number of hydrogen-bond acceptors (Lipinski definition) is 4. The smallest absolute Gasteiger partial charge is 0.328 e. The fraction of sp³-hybridized carbons (Fsp3) is 0.455. The molecule has 1 heterocycles. The van der Waals surface area contributed by atoms with Crippen molar-refractivity contribution in [3.63, 3.8) is 0 Å². The highest BCUT2D eigenvalue weighted by atomic mass is 35.5. The first-order valence-corrected chi connectivity index (χ1v) is 5.39. The fourth-order valence-electron chi connectivity index (χ4n) is 1.27. The Morgan fingerprint density at radius 1 is 1.50 bits per heavy atom. The van der Waals surface area contributed by atoms with E-state index in [4.69, 9.17) is 16.3 Å². The standard InChI is InChI=1S/C11H15ClN2O2/c1-7(2)10(11(15)16-3)14-9-6-4-5-8(12)13-9/h4-7,10H,1-3H3,(H,13,14). The minimum atomic E-state index is -0.420. The van der Waals surface area contributed by atoms with Gasteiger partial charge in [-0.2, -0.15) is 0 Å². The van der Waals surface area contributed by atoms with Gasteiger partial charge in [-0.25, -0.2) is 9.78 Å². The molecular formula is C11H15ClN2O2. The van der Waals surface area contributed by atoms with Crippen LogP contribution in [0.2, 0.25) is 5.15 Å². The molecule has 16 heavy (non-hydrogen) atoms. The van der Waals surface area contributed by atoms with Crippen LogP contribution in [0, 0.1) is 5.92 Å². The fourth-order valence-corrected chi connectivity index (χ4v) is 1.44. The molecule has 0 aromatic carbocycles. The quantitative estimate of drug-likeness (QED) is 0.651. The minimum Gasteiger partial charge on any atom is -0.467 e. The van der Waals surface area contributed by atoms with E-state index in [2.05, 4.69) is 10.3 Å². The average molecular weight is 243 g/mol. The molecule has 0 saturated carbocycles. The zero-order valence-corrected chi connectivity index (χ0v) is 10.3. The zero-order valence-electron chi connectivity index (χ0n) is 9.53. The third kappa shape index (κ3) is 3.38. The minimum absolute atomic E-state index is 0.105. The maximum absolute atomic E-state index is 11.5. The van der Waals surface area contributed by atoms with Crippen LogP contribution in [0.4, 0.5) is 5.82 Å². The third-order valence-electron chi connectivity index (χ3n) is 2.14. The Bertz CT molecular complexity index is 369. The van der Waals surface area contributed by atoms with Crippen molar-refractivity contribution in [3.05, 3.63) is 23.4 Å². The van der Waals surface area contributed by atoms with E-state index in [-0.39, 0.29) is 11.9 Å². The van der Waals surface area contributed by atoms with Gasteiger partial charge in [0.05, 0.1) is 7.11 Å². The number of carbonyl (C=O) groups excluding carboxylic acids is 1. The van der Waals surface area contributed by atoms with Crippen molar-refractivity contribution in [2.24, 2.45) is 5.92 Å². The predicted octanol–water partition coefficient (Wildman–Crippen LogP) is 2.34. The molecule has 5 heteroatoms. The highest BCUT2D eigenvalue weighted by molar-refractivity contribution is 6.29. The maximum atomic E-state index is 11.5. The Labute approximate surface area is 100.0 Å². The van der Waals surface area contributed by atoms with E-state index in [1.54, 1.807) is 18.2 Å². The van der Waals surface area contributed by atoms with Crippen LogP contribution in [0.5, 0.6) is 0 Å². The number of ether oxygens (including phenoxy) is 1. The molecule has 1 unspecified atom stereocenters. The van der Waals surface area contributed by atoms with Crippen LogP contribution in [-0.4, -0.2) is 24.1 Å². The molecule has 1 N–H and O–H groups in total. The number of methoxy groups -OCH3 is 1. The van der Waals surface area contributed by atoms with Crippen molar-refractivity contribution >= 4 is 23.4 Å². The molecule has 1 rings (SSSR count). The van der Waals surface area contributed by atoms with Crippen LogP contribution >= 0.6 is 11.6 Å². The summed E-state index contributed by atoms with van der Waals surface area (Å²) in [6.45, 7) is 3.86. The second kappa shape index (κ2) is 5.70. The lowest BCUT2D eigenvalue weighted by molar-refractivity contribution is -0.142. The van der Waals surface area contributed by atoms with Crippen molar-refractivity contribution in [1.29, 1.82) is 0 Å². The Hall–Kier alpha value is -1.29. The SMILES string of the molecule is COC(=O)C(Nc1cccc(Cl)n1)C(C)C. The van der Waals surface area contributed by atoms with E-state index in [1.165, 1.54) is 7.11 Å². The Kier molecular flexibility index (Phi) is 4.55. The summed E-state index contributed by atoms with van der Waals surface area (Å²) in [5.74, 6) is 0.363. The Balaban J connectivity index is 2.79. The third-order valence-corrected chi connectivity index (χ3v) is 2.35. The summed E-state index contributed by atoms with van der Waals surface area (Å²) in [7, 11) is 1.37. The molecule has 0 amide bonds. The molecule has 4 nitrogen and oxygen atoms in total. The van der Waals surface area contributed by atoms with Gasteiger partial charge >= 0.3 is 5.97 Å². The number of aromatic nitrogens is 1. The van der Waals surface area contributed by atoms with Gasteiger partial charge in [0.15, 0.2) is 0 Å². The van der Waals surface area contributed by atoms with Crippen molar-refractivity contribution < 1.29 is 9.53 Å². The van der Waals surface area contributed by atoms with Crippen molar-refractivity contribution in [3.8, 4) is 0 Å². The number of hydrogen-bond donors (Lipinski definition) is 1. The Morgan fingerprint density at radius 2 is 2.19 bits per heavy atom. The molecule has 0 aliphatic carbocycles. The number of halogens is 1. The highest BCUT2D eigenvalue weighted by Gasteiger charge is 2.22. The lowest BCUT2D eigenvalue weighted by atomic mass is 10.0. The van der Waals surface area contributed by atoms with E-state index >= 15 is 0 Å². The zero-order chi connectivity index (χ0) is 12.1. The average Bonchev–Trinajstić information content (AvgIpc) is 2.24. The Morgan fingerprint density at radius 3 is 2.69 bits per heavy atom. The van der Waals surface area contributed by atoms with E-state index in [1.807, 2.05) is 13.8 Å². The summed E-state index contributed by atoms with van der Waals surface area (Å²) in [6, 6.07) is 4.78. The van der Waals surface area contributed by atoms with Gasteiger partial charge in [-0.3, -0.25) is 0 Å². The molecule has 0 spiro atoms. The van der Waals surface area contributed by atoms with Gasteiger partial charge < -0.3 is 10.1 Å². The van der Waals surface area contributed by atoms with Crippen molar-refractivity contribution in [2.75, 3.05) is 12.4 Å². The van der Waals surface area contributed by atoms with Gasteiger partial charge in [-0.05, 0) is 18.1 Å². The molecule has 88 valence electrons. The van der Waals surface area contributed by atoms with Crippen LogP contribution in [0.15, 0.2) is 18.2 Å². The van der Waals surface area contributed by atoms with E-state index in [9.17, 15) is 4.79 Å². The summed E-state index contributed by atoms with van der Waals surface area (Å²) in [5.41, 5.74) is 0. The number of rotatable bonds is 4. The van der Waals surface area contributed by atoms with Crippen LogP contribution in [0.1, 0.15) is 13.8 Å². The highest BCUT2D eigenvalue weighted by Crippen LogP contribution is 2.14. The van der Waals surface area contributed by atoms with E-state index in [0.717, 1.165) is 0 Å². The normalized spacial score (nSPS) is 12.3. The topological polar surface area (TPSA) is 51.2 Å². The number of pyridine rings is 1. The monoisotopic (exact) mass is 242 g/mol. The number of anilines is 1. The second-order valence-corrected chi connectivity index (χ2v) is 4.12. The summed E-state index contributed by atoms with van der Waals surface area (Å²) >= 11 is 5.75. The lowest BCUT2D eigenvalue weighted by Crippen LogP contribution is -2.35. The number of nitrogens with one attached hydrogen (secondary N) is 1. The first-order chi connectivity index (χ1) is 7.54. The number of carbonyl (C=O) groups is 1. The van der Waals surface area contributed by atoms with Gasteiger partial charge in [0.2, 0.25) is 0 Å². The lowest BCUT2D eigenvalue weighted by Gasteiger charge is -2.20. The van der Waals surface area contributed by atoms with Crippen LogP contribution in [-0.2, 0) is 9.53 Å². The van der Waals surface area contributed by atoms with Gasteiger partial charge in [-0.1, -0.05) is 31.5 Å². The molecule has 0 aliphatic heterocycles.